The first-order valence-electron chi connectivity index (χ1n) is 16.1. The summed E-state index contributed by atoms with van der Waals surface area (Å²) in [5, 5.41) is 10.1. The number of likely N-dealkylation sites (tertiary alicyclic amines) is 1. The summed E-state index contributed by atoms with van der Waals surface area (Å²) in [5.41, 5.74) is 3.05. The van der Waals surface area contributed by atoms with Crippen LogP contribution < -0.4 is 20.7 Å². The average Bonchev–Trinajstić information content (AvgIpc) is 3.35. The van der Waals surface area contributed by atoms with Gasteiger partial charge in [0.2, 0.25) is 0 Å². The molecule has 6 rings (SSSR count). The number of methoxy groups -OCH3 is 1. The molecular weight excluding hydrogens is 611 g/mol. The molecular formula is C35H42F3N5O4. The van der Waals surface area contributed by atoms with Crippen LogP contribution in [-0.4, -0.2) is 93.9 Å². The molecule has 3 heterocycles. The molecule has 252 valence electrons. The topological polar surface area (TPSA) is 89.0 Å². The Labute approximate surface area is 273 Å². The predicted molar refractivity (Wildman–Crippen MR) is 175 cm³/mol. The SMILES string of the molecule is CNC(=O)c1ccc(NCC#Cc2cc3c(N[C@H]4CC[C@H](N5CC6(COC6)C5)CC4)cccc3n2CC(F)(F)F)c(OCCOC)c1. The van der Waals surface area contributed by atoms with E-state index in [0.29, 0.717) is 40.6 Å². The second-order valence-corrected chi connectivity index (χ2v) is 12.8. The highest BCUT2D eigenvalue weighted by molar-refractivity contribution is 5.95. The zero-order valence-corrected chi connectivity index (χ0v) is 26.8. The monoisotopic (exact) mass is 653 g/mol. The fraction of sp³-hybridized carbons (Fsp3) is 0.514. The lowest BCUT2D eigenvalue weighted by Crippen LogP contribution is -2.68. The van der Waals surface area contributed by atoms with Crippen LogP contribution in [0.4, 0.5) is 24.5 Å². The van der Waals surface area contributed by atoms with E-state index in [1.54, 1.807) is 50.6 Å². The summed E-state index contributed by atoms with van der Waals surface area (Å²) in [4.78, 5) is 14.7. The normalized spacial score (nSPS) is 20.5. The summed E-state index contributed by atoms with van der Waals surface area (Å²) in [5.74, 6) is 6.14. The van der Waals surface area contributed by atoms with Crippen molar-refractivity contribution in [2.75, 3.05) is 70.9 Å². The molecule has 0 atom stereocenters. The van der Waals surface area contributed by atoms with Crippen molar-refractivity contribution in [3.63, 3.8) is 0 Å². The summed E-state index contributed by atoms with van der Waals surface area (Å²) in [7, 11) is 3.11. The minimum Gasteiger partial charge on any atom is -0.489 e. The number of rotatable bonds is 11. The number of hydrogen-bond acceptors (Lipinski definition) is 7. The van der Waals surface area contributed by atoms with Gasteiger partial charge in [-0.1, -0.05) is 12.0 Å². The number of ether oxygens (including phenoxy) is 3. The Morgan fingerprint density at radius 3 is 2.53 bits per heavy atom. The summed E-state index contributed by atoms with van der Waals surface area (Å²) >= 11 is 0. The molecule has 1 aromatic heterocycles. The Kier molecular flexibility index (Phi) is 9.87. The number of anilines is 2. The maximum Gasteiger partial charge on any atom is 0.406 e. The highest BCUT2D eigenvalue weighted by atomic mass is 19.4. The van der Waals surface area contributed by atoms with Gasteiger partial charge in [0.25, 0.3) is 5.91 Å². The molecule has 3 fully saturated rings. The van der Waals surface area contributed by atoms with E-state index in [1.165, 1.54) is 4.57 Å². The minimum atomic E-state index is -4.41. The number of carbonyl (C=O) groups is 1. The standard InChI is InChI=1S/C35H42F3N5O4/c1-39-33(44)24-8-13-30(32(17-24)47-16-15-45-2)40-14-4-5-27-18-28-29(6-3-7-31(28)43(27)21-35(36,37)38)41-25-9-11-26(12-10-25)42-19-34(20-42)22-46-23-34/h3,6-8,13,17-18,25-26,40-41H,9-12,14-16,19-23H2,1-2H3,(H,39,44)/t25-,26-. The highest BCUT2D eigenvalue weighted by Gasteiger charge is 2.50. The van der Waals surface area contributed by atoms with Gasteiger partial charge in [-0.15, -0.1) is 0 Å². The first kappa shape index (κ1) is 33.0. The Morgan fingerprint density at radius 2 is 1.85 bits per heavy atom. The quantitative estimate of drug-likeness (QED) is 0.196. The van der Waals surface area contributed by atoms with Gasteiger partial charge in [-0.2, -0.15) is 13.2 Å². The third kappa shape index (κ3) is 7.64. The van der Waals surface area contributed by atoms with Gasteiger partial charge in [0.15, 0.2) is 0 Å². The molecule has 0 bridgehead atoms. The third-order valence-electron chi connectivity index (χ3n) is 9.35. The lowest BCUT2D eigenvalue weighted by atomic mass is 9.75. The van der Waals surface area contributed by atoms with E-state index < -0.39 is 12.7 Å². The Hall–Kier alpha value is -3.92. The molecule has 3 aromatic rings. The van der Waals surface area contributed by atoms with Gasteiger partial charge in [0.1, 0.15) is 18.9 Å². The van der Waals surface area contributed by atoms with Crippen LogP contribution in [0.25, 0.3) is 10.9 Å². The number of nitrogens with zero attached hydrogens (tertiary/aromatic N) is 2. The van der Waals surface area contributed by atoms with Crippen molar-refractivity contribution >= 4 is 28.2 Å². The lowest BCUT2D eigenvalue weighted by molar-refractivity contribution is -0.200. The highest BCUT2D eigenvalue weighted by Crippen LogP contribution is 2.41. The number of amides is 1. The Bertz CT molecular complexity index is 1630. The number of nitrogens with one attached hydrogen (secondary N) is 3. The van der Waals surface area contributed by atoms with E-state index in [-0.39, 0.29) is 30.8 Å². The molecule has 2 aromatic carbocycles. The molecule has 2 aliphatic heterocycles. The van der Waals surface area contributed by atoms with Crippen LogP contribution in [0.1, 0.15) is 41.7 Å². The maximum absolute atomic E-state index is 13.7. The minimum absolute atomic E-state index is 0.146. The van der Waals surface area contributed by atoms with Crippen LogP contribution in [0.15, 0.2) is 42.5 Å². The zero-order chi connectivity index (χ0) is 33.0. The Balaban J connectivity index is 1.15. The van der Waals surface area contributed by atoms with E-state index in [4.69, 9.17) is 14.2 Å². The molecule has 0 radical (unpaired) electrons. The molecule has 1 amide bonds. The number of benzene rings is 2. The number of halogens is 3. The molecule has 47 heavy (non-hydrogen) atoms. The first-order chi connectivity index (χ1) is 22.7. The zero-order valence-electron chi connectivity index (χ0n) is 26.8. The summed E-state index contributed by atoms with van der Waals surface area (Å²) < 4.78 is 58.8. The number of carbonyl (C=O) groups excluding carboxylic acids is 1. The smallest absolute Gasteiger partial charge is 0.406 e. The van der Waals surface area contributed by atoms with Crippen molar-refractivity contribution < 1.29 is 32.2 Å². The third-order valence-corrected chi connectivity index (χ3v) is 9.35. The molecule has 3 aliphatic rings. The second kappa shape index (κ2) is 14.1. The first-order valence-corrected chi connectivity index (χ1v) is 16.1. The molecule has 2 saturated heterocycles. The predicted octanol–water partition coefficient (Wildman–Crippen LogP) is 5.11. The second-order valence-electron chi connectivity index (χ2n) is 12.8. The Morgan fingerprint density at radius 1 is 1.06 bits per heavy atom. The van der Waals surface area contributed by atoms with Crippen LogP contribution in [0.2, 0.25) is 0 Å². The summed E-state index contributed by atoms with van der Waals surface area (Å²) in [6.45, 7) is 3.69. The van der Waals surface area contributed by atoms with Crippen molar-refractivity contribution in [3.05, 3.63) is 53.7 Å². The van der Waals surface area contributed by atoms with Crippen molar-refractivity contribution in [3.8, 4) is 17.6 Å². The van der Waals surface area contributed by atoms with Crippen LogP contribution in [0.5, 0.6) is 5.75 Å². The van der Waals surface area contributed by atoms with Crippen LogP contribution >= 0.6 is 0 Å². The van der Waals surface area contributed by atoms with Crippen LogP contribution in [0.3, 0.4) is 0 Å². The van der Waals surface area contributed by atoms with E-state index in [2.05, 4.69) is 32.7 Å². The molecule has 12 heteroatoms. The van der Waals surface area contributed by atoms with Crippen molar-refractivity contribution in [2.24, 2.45) is 5.41 Å². The van der Waals surface area contributed by atoms with Gasteiger partial charge >= 0.3 is 6.18 Å². The average molecular weight is 654 g/mol. The number of fused-ring (bicyclic) bond motifs is 1. The van der Waals surface area contributed by atoms with Gasteiger partial charge in [0, 0.05) is 61.4 Å². The van der Waals surface area contributed by atoms with E-state index in [1.807, 2.05) is 6.07 Å². The summed E-state index contributed by atoms with van der Waals surface area (Å²) in [6.07, 6.45) is -0.160. The van der Waals surface area contributed by atoms with Gasteiger partial charge in [-0.25, -0.2) is 0 Å². The largest absolute Gasteiger partial charge is 0.489 e. The lowest BCUT2D eigenvalue weighted by Gasteiger charge is -2.58. The molecule has 1 spiro atoms. The number of hydrogen-bond donors (Lipinski definition) is 3. The van der Waals surface area contributed by atoms with Crippen LogP contribution in [-0.2, 0) is 16.0 Å². The van der Waals surface area contributed by atoms with Crippen molar-refractivity contribution in [1.82, 2.24) is 14.8 Å². The van der Waals surface area contributed by atoms with E-state index in [9.17, 15) is 18.0 Å². The summed E-state index contributed by atoms with van der Waals surface area (Å²) in [6, 6.07) is 13.1. The van der Waals surface area contributed by atoms with Gasteiger partial charge in [-0.05, 0) is 68.0 Å². The fourth-order valence-corrected chi connectivity index (χ4v) is 6.90. The fourth-order valence-electron chi connectivity index (χ4n) is 6.90. The van der Waals surface area contributed by atoms with Crippen LogP contribution in [0, 0.1) is 17.3 Å². The van der Waals surface area contributed by atoms with Crippen molar-refractivity contribution in [2.45, 2.75) is 50.5 Å². The van der Waals surface area contributed by atoms with Gasteiger partial charge in [-0.3, -0.25) is 9.69 Å². The van der Waals surface area contributed by atoms with Gasteiger partial charge in [0.05, 0.1) is 43.3 Å². The van der Waals surface area contributed by atoms with Crippen molar-refractivity contribution in [1.29, 1.82) is 0 Å². The van der Waals surface area contributed by atoms with E-state index in [0.717, 1.165) is 63.1 Å². The number of aromatic nitrogens is 1. The van der Waals surface area contributed by atoms with E-state index >= 15 is 0 Å². The molecule has 3 N–H and O–H groups in total. The van der Waals surface area contributed by atoms with Gasteiger partial charge < -0.3 is 34.7 Å². The maximum atomic E-state index is 13.7. The molecule has 1 aliphatic carbocycles. The molecule has 1 saturated carbocycles. The molecule has 9 nitrogen and oxygen atoms in total. The molecule has 0 unspecified atom stereocenters. The number of alkyl halides is 3.